The Morgan fingerprint density at radius 1 is 1.00 bits per heavy atom. The zero-order valence-electron chi connectivity index (χ0n) is 24.4. The molecular weight excluding hydrogens is 646 g/mol. The summed E-state index contributed by atoms with van der Waals surface area (Å²) in [5.74, 6) is -2.69. The molecule has 0 spiro atoms. The predicted molar refractivity (Wildman–Crippen MR) is 150 cm³/mol. The molecule has 254 valence electrons. The molecular formula is C30H29F8N5O4. The zero-order chi connectivity index (χ0) is 34.2. The Morgan fingerprint density at radius 2 is 1.72 bits per heavy atom. The van der Waals surface area contributed by atoms with E-state index in [1.807, 2.05) is 0 Å². The van der Waals surface area contributed by atoms with Crippen molar-refractivity contribution in [3.63, 3.8) is 0 Å². The summed E-state index contributed by atoms with van der Waals surface area (Å²) in [5, 5.41) is 7.25. The first-order chi connectivity index (χ1) is 22.2. The van der Waals surface area contributed by atoms with Gasteiger partial charge in [0.1, 0.15) is 30.5 Å². The van der Waals surface area contributed by atoms with E-state index in [1.54, 1.807) is 5.32 Å². The first-order valence-electron chi connectivity index (χ1n) is 14.2. The highest BCUT2D eigenvalue weighted by atomic mass is 19.4. The van der Waals surface area contributed by atoms with Crippen molar-refractivity contribution in [1.29, 1.82) is 0 Å². The minimum atomic E-state index is -4.67. The molecule has 0 saturated carbocycles. The molecule has 1 fully saturated rings. The molecule has 9 nitrogen and oxygen atoms in total. The third-order valence-electron chi connectivity index (χ3n) is 7.15. The van der Waals surface area contributed by atoms with Gasteiger partial charge in [0.15, 0.2) is 0 Å². The normalized spacial score (nSPS) is 17.5. The van der Waals surface area contributed by atoms with Crippen LogP contribution in [0.4, 0.5) is 45.6 Å². The molecule has 1 aromatic carbocycles. The van der Waals surface area contributed by atoms with Gasteiger partial charge in [-0.1, -0.05) is 18.2 Å². The summed E-state index contributed by atoms with van der Waals surface area (Å²) in [4.78, 5) is 31.9. The first-order valence-corrected chi connectivity index (χ1v) is 14.2. The third-order valence-corrected chi connectivity index (χ3v) is 7.15. The number of amides is 2. The van der Waals surface area contributed by atoms with Crippen LogP contribution in [0.5, 0.6) is 0 Å². The van der Waals surface area contributed by atoms with Gasteiger partial charge in [0.05, 0.1) is 36.8 Å². The van der Waals surface area contributed by atoms with Crippen LogP contribution in [-0.2, 0) is 26.9 Å². The second-order valence-electron chi connectivity index (χ2n) is 10.6. The maximum Gasteiger partial charge on any atom is 0.433 e. The number of hydrogen-bond acceptors (Lipinski definition) is 7. The minimum Gasteiger partial charge on any atom is -0.448 e. The van der Waals surface area contributed by atoms with Crippen molar-refractivity contribution in [2.45, 2.75) is 49.7 Å². The summed E-state index contributed by atoms with van der Waals surface area (Å²) in [6.45, 7) is -1.45. The van der Waals surface area contributed by atoms with E-state index in [2.05, 4.69) is 20.6 Å². The number of ether oxygens (including phenoxy) is 2. The Labute approximate surface area is 263 Å². The van der Waals surface area contributed by atoms with E-state index in [0.29, 0.717) is 5.56 Å². The monoisotopic (exact) mass is 675 g/mol. The van der Waals surface area contributed by atoms with Gasteiger partial charge in [0.2, 0.25) is 5.91 Å². The molecule has 2 aromatic heterocycles. The smallest absolute Gasteiger partial charge is 0.433 e. The molecule has 1 aliphatic rings. The van der Waals surface area contributed by atoms with Crippen LogP contribution in [0, 0.1) is 11.6 Å². The molecule has 3 N–H and O–H groups in total. The van der Waals surface area contributed by atoms with Gasteiger partial charge in [-0.2, -0.15) is 26.3 Å². The highest BCUT2D eigenvalue weighted by Gasteiger charge is 2.33. The number of alkyl carbamates (subject to hydrolysis) is 1. The largest absolute Gasteiger partial charge is 0.448 e. The van der Waals surface area contributed by atoms with Crippen LogP contribution in [0.25, 0.3) is 0 Å². The van der Waals surface area contributed by atoms with Crippen molar-refractivity contribution in [1.82, 2.24) is 20.6 Å². The molecule has 0 aliphatic carbocycles. The molecule has 17 heteroatoms. The average Bonchev–Trinajstić information content (AvgIpc) is 3.02. The third kappa shape index (κ3) is 10.8. The fraction of sp³-hybridized carbons (Fsp3) is 0.400. The van der Waals surface area contributed by atoms with E-state index in [1.165, 1.54) is 24.4 Å². The van der Waals surface area contributed by atoms with E-state index in [9.17, 15) is 44.7 Å². The number of aromatic nitrogens is 2. The summed E-state index contributed by atoms with van der Waals surface area (Å²) in [6.07, 6.45) is -7.60. The number of carbonyl (C=O) groups excluding carboxylic acids is 2. The Morgan fingerprint density at radius 3 is 2.34 bits per heavy atom. The first kappa shape index (κ1) is 35.5. The van der Waals surface area contributed by atoms with Crippen LogP contribution in [0.1, 0.15) is 41.1 Å². The van der Waals surface area contributed by atoms with Gasteiger partial charge >= 0.3 is 18.4 Å². The molecule has 1 aliphatic heterocycles. The molecule has 0 radical (unpaired) electrons. The van der Waals surface area contributed by atoms with Crippen LogP contribution in [0.3, 0.4) is 0 Å². The van der Waals surface area contributed by atoms with E-state index >= 15 is 0 Å². The number of nitrogens with zero attached hydrogens (tertiary/aromatic N) is 2. The lowest BCUT2D eigenvalue weighted by atomic mass is 9.89. The molecule has 47 heavy (non-hydrogen) atoms. The number of carbonyl (C=O) groups is 2. The molecule has 0 bridgehead atoms. The van der Waals surface area contributed by atoms with E-state index in [0.717, 1.165) is 30.6 Å². The maximum atomic E-state index is 14.9. The van der Waals surface area contributed by atoms with Gasteiger partial charge < -0.3 is 25.4 Å². The summed E-state index contributed by atoms with van der Waals surface area (Å²) < 4.78 is 115. The number of alkyl halides is 6. The van der Waals surface area contributed by atoms with Crippen LogP contribution >= 0.6 is 0 Å². The molecule has 3 atom stereocenters. The van der Waals surface area contributed by atoms with Crippen LogP contribution < -0.4 is 16.0 Å². The second kappa shape index (κ2) is 15.5. The van der Waals surface area contributed by atoms with Gasteiger partial charge in [-0.3, -0.25) is 14.8 Å². The van der Waals surface area contributed by atoms with Crippen molar-refractivity contribution in [2.75, 3.05) is 31.6 Å². The van der Waals surface area contributed by atoms with E-state index in [-0.39, 0.29) is 55.8 Å². The standard InChI is InChI=1S/C30H29F8N5O4/c31-19-4-1-17(2-5-19)23(18-3-8-26(41-10-18)30(36,37)38)9-27(44)43-25-13-39-12-24(32)22(25)7-6-21-11-40-20(14-46-21)15-47-28(45)42-16-29(33,34)35/h1-5,8,10,12-13,20-21,23,40H,6-7,9,11,14-16H2,(H,42,45)(H,43,44)/t20-,21+,23-/m0/s1. The summed E-state index contributed by atoms with van der Waals surface area (Å²) in [6, 6.07) is 6.59. The van der Waals surface area contributed by atoms with Crippen molar-refractivity contribution >= 4 is 17.7 Å². The lowest BCUT2D eigenvalue weighted by Crippen LogP contribution is -2.49. The Kier molecular flexibility index (Phi) is 11.7. The Balaban J connectivity index is 1.35. The minimum absolute atomic E-state index is 0.0587. The molecule has 3 aromatic rings. The number of nitrogens with one attached hydrogen (secondary N) is 3. The lowest BCUT2D eigenvalue weighted by Gasteiger charge is -2.30. The summed E-state index contributed by atoms with van der Waals surface area (Å²) >= 11 is 0. The number of rotatable bonds is 11. The van der Waals surface area contributed by atoms with Crippen molar-refractivity contribution in [3.05, 3.63) is 89.0 Å². The van der Waals surface area contributed by atoms with Gasteiger partial charge in [-0.05, 0) is 42.2 Å². The van der Waals surface area contributed by atoms with Crippen LogP contribution in [-0.4, -0.2) is 66.6 Å². The molecule has 4 rings (SSSR count). The van der Waals surface area contributed by atoms with Gasteiger partial charge in [-0.15, -0.1) is 0 Å². The summed E-state index contributed by atoms with van der Waals surface area (Å²) in [5.41, 5.74) is -0.220. The zero-order valence-corrected chi connectivity index (χ0v) is 24.4. The number of hydrogen-bond donors (Lipinski definition) is 3. The topological polar surface area (TPSA) is 114 Å². The number of pyridine rings is 2. The molecule has 3 heterocycles. The Bertz CT molecular complexity index is 1500. The van der Waals surface area contributed by atoms with Gasteiger partial charge in [-0.25, -0.2) is 13.6 Å². The fourth-order valence-electron chi connectivity index (χ4n) is 4.78. The van der Waals surface area contributed by atoms with Gasteiger partial charge in [0.25, 0.3) is 0 Å². The van der Waals surface area contributed by atoms with E-state index in [4.69, 9.17) is 9.47 Å². The average molecular weight is 676 g/mol. The number of morpholine rings is 1. The van der Waals surface area contributed by atoms with Gasteiger partial charge in [0, 0.05) is 30.6 Å². The SMILES string of the molecule is O=C(C[C@@H](c1ccc(F)cc1)c1ccc(C(F)(F)F)nc1)Nc1cncc(F)c1CC[C@@H]1CN[C@H](COC(=O)NCC(F)(F)F)CO1. The summed E-state index contributed by atoms with van der Waals surface area (Å²) in [7, 11) is 0. The maximum absolute atomic E-state index is 14.9. The van der Waals surface area contributed by atoms with Crippen molar-refractivity contribution in [3.8, 4) is 0 Å². The van der Waals surface area contributed by atoms with E-state index < -0.39 is 66.3 Å². The molecule has 0 unspecified atom stereocenters. The van der Waals surface area contributed by atoms with Crippen molar-refractivity contribution in [2.24, 2.45) is 0 Å². The van der Waals surface area contributed by atoms with Crippen LogP contribution in [0.2, 0.25) is 0 Å². The quantitative estimate of drug-likeness (QED) is 0.230. The number of benzene rings is 1. The van der Waals surface area contributed by atoms with Crippen LogP contribution in [0.15, 0.2) is 55.0 Å². The highest BCUT2D eigenvalue weighted by Crippen LogP contribution is 2.32. The molecule has 2 amide bonds. The number of halogens is 8. The Hall–Kier alpha value is -4.38. The van der Waals surface area contributed by atoms with Crippen molar-refractivity contribution < 1.29 is 54.2 Å². The highest BCUT2D eigenvalue weighted by molar-refractivity contribution is 5.92. The predicted octanol–water partition coefficient (Wildman–Crippen LogP) is 5.51. The molecule has 1 saturated heterocycles. The lowest BCUT2D eigenvalue weighted by molar-refractivity contribution is -0.141. The fourth-order valence-corrected chi connectivity index (χ4v) is 4.78. The second-order valence-corrected chi connectivity index (χ2v) is 10.6. The number of anilines is 1.